The molecular formula is C24H21N3O5. The molecule has 0 unspecified atom stereocenters. The molecule has 0 fully saturated rings. The number of nitro groups is 1. The molecule has 0 saturated heterocycles. The normalized spacial score (nSPS) is 18.8. The molecule has 0 bridgehead atoms. The lowest BCUT2D eigenvalue weighted by molar-refractivity contribution is -0.385. The molecule has 2 heterocycles. The van der Waals surface area contributed by atoms with Crippen molar-refractivity contribution < 1.29 is 19.1 Å². The highest BCUT2D eigenvalue weighted by Crippen LogP contribution is 2.48. The number of benzene rings is 3. The average molecular weight is 431 g/mol. The molecule has 162 valence electrons. The van der Waals surface area contributed by atoms with Crippen LogP contribution in [0.5, 0.6) is 17.2 Å². The zero-order chi connectivity index (χ0) is 22.2. The quantitative estimate of drug-likeness (QED) is 0.424. The Morgan fingerprint density at radius 1 is 1.03 bits per heavy atom. The lowest BCUT2D eigenvalue weighted by Gasteiger charge is -2.38. The van der Waals surface area contributed by atoms with Gasteiger partial charge in [-0.15, -0.1) is 0 Å². The van der Waals surface area contributed by atoms with Gasteiger partial charge < -0.3 is 14.2 Å². The Labute approximate surface area is 184 Å². The van der Waals surface area contributed by atoms with Crippen molar-refractivity contribution in [3.05, 3.63) is 93.5 Å². The summed E-state index contributed by atoms with van der Waals surface area (Å²) in [6.45, 7) is 0. The van der Waals surface area contributed by atoms with Gasteiger partial charge in [-0.25, -0.2) is 5.01 Å². The summed E-state index contributed by atoms with van der Waals surface area (Å²) in [6, 6.07) is 20.0. The summed E-state index contributed by atoms with van der Waals surface area (Å²) in [4.78, 5) is 10.9. The number of nitro benzene ring substituents is 1. The van der Waals surface area contributed by atoms with Gasteiger partial charge in [0.25, 0.3) is 5.69 Å². The van der Waals surface area contributed by atoms with Gasteiger partial charge in [0.1, 0.15) is 5.75 Å². The summed E-state index contributed by atoms with van der Waals surface area (Å²) in [5.74, 6) is 2.04. The first-order valence-corrected chi connectivity index (χ1v) is 10.2. The van der Waals surface area contributed by atoms with Crippen molar-refractivity contribution in [1.29, 1.82) is 0 Å². The average Bonchev–Trinajstić information content (AvgIpc) is 3.29. The molecule has 5 rings (SSSR count). The van der Waals surface area contributed by atoms with Crippen molar-refractivity contribution in [2.75, 3.05) is 14.2 Å². The third-order valence-electron chi connectivity index (χ3n) is 5.78. The van der Waals surface area contributed by atoms with Crippen LogP contribution in [-0.4, -0.2) is 29.9 Å². The van der Waals surface area contributed by atoms with Crippen molar-refractivity contribution in [3.63, 3.8) is 0 Å². The Balaban J connectivity index is 1.58. The Bertz CT molecular complexity index is 1230. The number of ether oxygens (including phenoxy) is 3. The zero-order valence-corrected chi connectivity index (χ0v) is 17.6. The number of fused-ring (bicyclic) bond motifs is 3. The van der Waals surface area contributed by atoms with Crippen LogP contribution in [0.2, 0.25) is 0 Å². The molecule has 2 aliphatic heterocycles. The maximum Gasteiger partial charge on any atom is 0.269 e. The number of hydrogen-bond donors (Lipinski definition) is 0. The van der Waals surface area contributed by atoms with Gasteiger partial charge in [-0.05, 0) is 24.3 Å². The van der Waals surface area contributed by atoms with Gasteiger partial charge in [-0.3, -0.25) is 10.1 Å². The van der Waals surface area contributed by atoms with E-state index in [-0.39, 0.29) is 11.7 Å². The zero-order valence-electron chi connectivity index (χ0n) is 17.6. The molecule has 8 heteroatoms. The number of para-hydroxylation sites is 1. The second-order valence-corrected chi connectivity index (χ2v) is 7.58. The predicted molar refractivity (Wildman–Crippen MR) is 118 cm³/mol. The fourth-order valence-electron chi connectivity index (χ4n) is 4.24. The second kappa shape index (κ2) is 7.88. The van der Waals surface area contributed by atoms with Gasteiger partial charge in [0.05, 0.1) is 30.9 Å². The van der Waals surface area contributed by atoms with Crippen molar-refractivity contribution in [3.8, 4) is 17.2 Å². The van der Waals surface area contributed by atoms with E-state index in [9.17, 15) is 10.1 Å². The summed E-state index contributed by atoms with van der Waals surface area (Å²) < 4.78 is 17.1. The fraction of sp³-hybridized carbons (Fsp3) is 0.208. The minimum atomic E-state index is -0.576. The molecule has 0 aromatic heterocycles. The summed E-state index contributed by atoms with van der Waals surface area (Å²) in [7, 11) is 3.20. The van der Waals surface area contributed by atoms with Crippen LogP contribution in [0.25, 0.3) is 0 Å². The molecule has 3 aromatic carbocycles. The second-order valence-electron chi connectivity index (χ2n) is 7.58. The Morgan fingerprint density at radius 2 is 1.84 bits per heavy atom. The largest absolute Gasteiger partial charge is 0.493 e. The number of methoxy groups -OCH3 is 2. The number of hydrazone groups is 1. The van der Waals surface area contributed by atoms with Gasteiger partial charge in [-0.2, -0.15) is 5.10 Å². The van der Waals surface area contributed by atoms with Crippen molar-refractivity contribution >= 4 is 11.4 Å². The minimum Gasteiger partial charge on any atom is -0.493 e. The van der Waals surface area contributed by atoms with Gasteiger partial charge in [0.2, 0.25) is 6.23 Å². The van der Waals surface area contributed by atoms with Crippen LogP contribution in [0.15, 0.2) is 71.8 Å². The van der Waals surface area contributed by atoms with Crippen LogP contribution in [-0.2, 0) is 0 Å². The predicted octanol–water partition coefficient (Wildman–Crippen LogP) is 4.85. The first-order valence-electron chi connectivity index (χ1n) is 10.2. The van der Waals surface area contributed by atoms with Crippen LogP contribution in [0.1, 0.15) is 35.4 Å². The van der Waals surface area contributed by atoms with Crippen LogP contribution in [0.3, 0.4) is 0 Å². The smallest absolute Gasteiger partial charge is 0.269 e. The Hall–Kier alpha value is -4.07. The lowest BCUT2D eigenvalue weighted by atomic mass is 9.95. The first kappa shape index (κ1) is 19.9. The van der Waals surface area contributed by atoms with Crippen LogP contribution in [0.4, 0.5) is 5.69 Å². The van der Waals surface area contributed by atoms with Gasteiger partial charge in [0.15, 0.2) is 11.5 Å². The number of nitrogens with zero attached hydrogens (tertiary/aromatic N) is 3. The van der Waals surface area contributed by atoms with E-state index in [1.165, 1.54) is 6.07 Å². The maximum absolute atomic E-state index is 11.3. The molecule has 2 aliphatic rings. The van der Waals surface area contributed by atoms with Crippen molar-refractivity contribution in [2.45, 2.75) is 18.7 Å². The summed E-state index contributed by atoms with van der Waals surface area (Å²) >= 11 is 0. The van der Waals surface area contributed by atoms with Crippen LogP contribution >= 0.6 is 0 Å². The van der Waals surface area contributed by atoms with Crippen LogP contribution < -0.4 is 14.2 Å². The third kappa shape index (κ3) is 3.30. The van der Waals surface area contributed by atoms with E-state index in [1.807, 2.05) is 53.5 Å². The monoisotopic (exact) mass is 431 g/mol. The van der Waals surface area contributed by atoms with E-state index < -0.39 is 11.2 Å². The van der Waals surface area contributed by atoms with Gasteiger partial charge >= 0.3 is 0 Å². The van der Waals surface area contributed by atoms with E-state index in [2.05, 4.69) is 0 Å². The van der Waals surface area contributed by atoms with Crippen LogP contribution in [0, 0.1) is 10.1 Å². The third-order valence-corrected chi connectivity index (χ3v) is 5.78. The summed E-state index contributed by atoms with van der Waals surface area (Å²) in [5, 5.41) is 18.1. The molecule has 0 aliphatic carbocycles. The van der Waals surface area contributed by atoms with Crippen molar-refractivity contribution in [1.82, 2.24) is 5.01 Å². The molecule has 0 amide bonds. The Kier molecular flexibility index (Phi) is 4.89. The molecule has 3 aromatic rings. The highest BCUT2D eigenvalue weighted by Gasteiger charge is 2.41. The number of rotatable bonds is 5. The van der Waals surface area contributed by atoms with E-state index in [1.54, 1.807) is 26.4 Å². The van der Waals surface area contributed by atoms with Crippen molar-refractivity contribution in [2.24, 2.45) is 5.10 Å². The van der Waals surface area contributed by atoms with E-state index in [0.717, 1.165) is 22.6 Å². The molecule has 0 radical (unpaired) electrons. The first-order chi connectivity index (χ1) is 15.6. The molecule has 0 saturated carbocycles. The summed E-state index contributed by atoms with van der Waals surface area (Å²) in [6.07, 6.45) is 0.0915. The number of non-ortho nitro benzene ring substituents is 1. The lowest BCUT2D eigenvalue weighted by Crippen LogP contribution is -2.33. The molecular weight excluding hydrogens is 410 g/mol. The molecule has 0 N–H and O–H groups in total. The highest BCUT2D eigenvalue weighted by molar-refractivity contribution is 6.02. The molecule has 8 nitrogen and oxygen atoms in total. The minimum absolute atomic E-state index is 0.0183. The molecule has 0 spiro atoms. The highest BCUT2D eigenvalue weighted by atomic mass is 16.6. The van der Waals surface area contributed by atoms with E-state index >= 15 is 0 Å². The van der Waals surface area contributed by atoms with E-state index in [0.29, 0.717) is 23.5 Å². The van der Waals surface area contributed by atoms with Gasteiger partial charge in [-0.1, -0.05) is 30.3 Å². The number of hydrogen-bond acceptors (Lipinski definition) is 7. The molecule has 32 heavy (non-hydrogen) atoms. The Morgan fingerprint density at radius 3 is 2.62 bits per heavy atom. The fourth-order valence-corrected chi connectivity index (χ4v) is 4.24. The molecule has 2 atom stereocenters. The standard InChI is InChI=1S/C24H21N3O5/c1-30-22-11-10-15(13-23(22)31-2)19-14-20-18-8-3-4-9-21(18)32-24(26(20)25-19)16-6-5-7-17(12-16)27(28)29/h3-13,20,24H,14H2,1-2H3/t20-,24+/m1/s1. The van der Waals surface area contributed by atoms with Gasteiger partial charge in [0, 0.05) is 35.2 Å². The van der Waals surface area contributed by atoms with E-state index in [4.69, 9.17) is 19.3 Å². The SMILES string of the molecule is COc1ccc(C2=NN3[C@H](C2)c2ccccc2O[C@H]3c2cccc([N+](=O)[O-])c2)cc1OC. The topological polar surface area (TPSA) is 86.4 Å². The summed E-state index contributed by atoms with van der Waals surface area (Å²) in [5.41, 5.74) is 3.54. The maximum atomic E-state index is 11.3.